The lowest BCUT2D eigenvalue weighted by molar-refractivity contribution is 0.790. The van der Waals surface area contributed by atoms with Crippen LogP contribution in [0.15, 0.2) is 29.4 Å². The van der Waals surface area contributed by atoms with E-state index in [9.17, 15) is 0 Å². The molecule has 0 saturated carbocycles. The van der Waals surface area contributed by atoms with Crippen LogP contribution in [0.25, 0.3) is 0 Å². The predicted molar refractivity (Wildman–Crippen MR) is 120 cm³/mol. The van der Waals surface area contributed by atoms with Crippen molar-refractivity contribution >= 4 is 47.0 Å². The molecule has 0 spiro atoms. The predicted octanol–water partition coefficient (Wildman–Crippen LogP) is 3.35. The van der Waals surface area contributed by atoms with Gasteiger partial charge in [0, 0.05) is 57.4 Å². The molecule has 0 fully saturated rings. The Morgan fingerprint density at radius 3 is 2.56 bits per heavy atom. The molecule has 0 amide bonds. The van der Waals surface area contributed by atoms with E-state index in [2.05, 4.69) is 71.7 Å². The van der Waals surface area contributed by atoms with Gasteiger partial charge in [-0.2, -0.15) is 0 Å². The van der Waals surface area contributed by atoms with Crippen molar-refractivity contribution in [1.29, 1.82) is 0 Å². The summed E-state index contributed by atoms with van der Waals surface area (Å²) in [5.41, 5.74) is 3.78. The van der Waals surface area contributed by atoms with Crippen LogP contribution in [0.5, 0.6) is 0 Å². The molecule has 1 aromatic carbocycles. The molecule has 138 valence electrons. The molecule has 0 aliphatic heterocycles. The van der Waals surface area contributed by atoms with Crippen LogP contribution in [0.3, 0.4) is 0 Å². The Kier molecular flexibility index (Phi) is 9.20. The number of halogens is 1. The van der Waals surface area contributed by atoms with Crippen LogP contribution in [-0.4, -0.2) is 38.6 Å². The molecule has 25 heavy (non-hydrogen) atoms. The maximum atomic E-state index is 4.38. The summed E-state index contributed by atoms with van der Waals surface area (Å²) in [6.45, 7) is 5.81. The summed E-state index contributed by atoms with van der Waals surface area (Å²) in [5.74, 6) is 0.819. The molecule has 7 heteroatoms. The third-order valence-corrected chi connectivity index (χ3v) is 4.79. The number of nitrogens with one attached hydrogen (secondary N) is 2. The van der Waals surface area contributed by atoms with Gasteiger partial charge in [0.2, 0.25) is 0 Å². The Bertz CT molecular complexity index is 697. The van der Waals surface area contributed by atoms with Crippen molar-refractivity contribution in [3.8, 4) is 0 Å². The second-order valence-electron chi connectivity index (χ2n) is 5.97. The Labute approximate surface area is 172 Å². The SMILES string of the molecule is CN=C(NCCc1ncc(C)s1)NCc1ccc(N(C)C)cc1C.I. The van der Waals surface area contributed by atoms with Gasteiger partial charge in [0.05, 0.1) is 5.01 Å². The maximum Gasteiger partial charge on any atom is 0.191 e. The second-order valence-corrected chi connectivity index (χ2v) is 7.29. The number of aryl methyl sites for hydroxylation is 2. The topological polar surface area (TPSA) is 52.6 Å². The zero-order chi connectivity index (χ0) is 17.5. The summed E-state index contributed by atoms with van der Waals surface area (Å²) in [7, 11) is 5.91. The number of aromatic nitrogens is 1. The zero-order valence-corrected chi connectivity index (χ0v) is 18.7. The van der Waals surface area contributed by atoms with Crippen LogP contribution in [0.1, 0.15) is 21.0 Å². The summed E-state index contributed by atoms with van der Waals surface area (Å²) in [4.78, 5) is 12.0. The highest BCUT2D eigenvalue weighted by atomic mass is 127. The number of hydrogen-bond donors (Lipinski definition) is 2. The molecule has 2 aromatic rings. The van der Waals surface area contributed by atoms with Crippen LogP contribution >= 0.6 is 35.3 Å². The van der Waals surface area contributed by atoms with Gasteiger partial charge in [0.25, 0.3) is 0 Å². The van der Waals surface area contributed by atoms with Crippen molar-refractivity contribution in [2.24, 2.45) is 4.99 Å². The zero-order valence-electron chi connectivity index (χ0n) is 15.6. The molecule has 5 nitrogen and oxygen atoms in total. The minimum absolute atomic E-state index is 0. The summed E-state index contributed by atoms with van der Waals surface area (Å²) in [5, 5.41) is 7.88. The number of aliphatic imine (C=N–C) groups is 1. The third kappa shape index (κ3) is 6.81. The van der Waals surface area contributed by atoms with Crippen LogP contribution in [0, 0.1) is 13.8 Å². The third-order valence-electron chi connectivity index (χ3n) is 3.81. The van der Waals surface area contributed by atoms with Crippen LogP contribution in [0.2, 0.25) is 0 Å². The molecular weight excluding hydrogens is 445 g/mol. The Hall–Kier alpha value is -1.35. The Morgan fingerprint density at radius 1 is 1.24 bits per heavy atom. The molecule has 1 aromatic heterocycles. The summed E-state index contributed by atoms with van der Waals surface area (Å²) >= 11 is 1.75. The smallest absolute Gasteiger partial charge is 0.191 e. The van der Waals surface area contributed by atoms with E-state index in [4.69, 9.17) is 0 Å². The number of thiazole rings is 1. The van der Waals surface area contributed by atoms with Crippen LogP contribution in [0.4, 0.5) is 5.69 Å². The van der Waals surface area contributed by atoms with Crippen molar-refractivity contribution in [3.05, 3.63) is 45.4 Å². The van der Waals surface area contributed by atoms with E-state index in [0.29, 0.717) is 0 Å². The van der Waals surface area contributed by atoms with Gasteiger partial charge >= 0.3 is 0 Å². The molecule has 0 radical (unpaired) electrons. The molecule has 0 unspecified atom stereocenters. The van der Waals surface area contributed by atoms with Gasteiger partial charge in [-0.05, 0) is 37.1 Å². The molecule has 0 aliphatic rings. The van der Waals surface area contributed by atoms with Gasteiger partial charge in [0.1, 0.15) is 0 Å². The first-order valence-corrected chi connectivity index (χ1v) is 8.94. The van der Waals surface area contributed by atoms with Crippen molar-refractivity contribution in [2.45, 2.75) is 26.8 Å². The molecule has 2 N–H and O–H groups in total. The molecular formula is C18H28IN5S. The lowest BCUT2D eigenvalue weighted by atomic mass is 10.1. The van der Waals surface area contributed by atoms with E-state index in [1.54, 1.807) is 18.4 Å². The van der Waals surface area contributed by atoms with Gasteiger partial charge in [-0.25, -0.2) is 4.98 Å². The Morgan fingerprint density at radius 2 is 2.00 bits per heavy atom. The second kappa shape index (κ2) is 10.6. The number of rotatable bonds is 6. The normalized spacial score (nSPS) is 11.0. The van der Waals surface area contributed by atoms with Crippen molar-refractivity contribution < 1.29 is 0 Å². The van der Waals surface area contributed by atoms with Crippen molar-refractivity contribution in [2.75, 3.05) is 32.6 Å². The lowest BCUT2D eigenvalue weighted by Gasteiger charge is -2.16. The van der Waals surface area contributed by atoms with E-state index in [-0.39, 0.29) is 24.0 Å². The van der Waals surface area contributed by atoms with E-state index < -0.39 is 0 Å². The first-order chi connectivity index (χ1) is 11.5. The van der Waals surface area contributed by atoms with Gasteiger partial charge < -0.3 is 15.5 Å². The fourth-order valence-electron chi connectivity index (χ4n) is 2.36. The molecule has 0 atom stereocenters. The van der Waals surface area contributed by atoms with Crippen LogP contribution < -0.4 is 15.5 Å². The van der Waals surface area contributed by atoms with E-state index in [1.807, 2.05) is 6.20 Å². The average molecular weight is 473 g/mol. The highest BCUT2D eigenvalue weighted by Gasteiger charge is 2.04. The number of guanidine groups is 1. The van der Waals surface area contributed by atoms with Gasteiger partial charge in [-0.15, -0.1) is 35.3 Å². The quantitative estimate of drug-likeness (QED) is 0.384. The molecule has 1 heterocycles. The number of nitrogens with zero attached hydrogens (tertiary/aromatic N) is 3. The molecule has 0 aliphatic carbocycles. The molecule has 0 saturated heterocycles. The van der Waals surface area contributed by atoms with Gasteiger partial charge in [0.15, 0.2) is 5.96 Å². The average Bonchev–Trinajstić information content (AvgIpc) is 2.96. The summed E-state index contributed by atoms with van der Waals surface area (Å²) < 4.78 is 0. The van der Waals surface area contributed by atoms with E-state index >= 15 is 0 Å². The highest BCUT2D eigenvalue weighted by molar-refractivity contribution is 14.0. The van der Waals surface area contributed by atoms with E-state index in [0.717, 1.165) is 30.5 Å². The first kappa shape index (κ1) is 21.7. The van der Waals surface area contributed by atoms with Crippen molar-refractivity contribution in [3.63, 3.8) is 0 Å². The first-order valence-electron chi connectivity index (χ1n) is 8.12. The molecule has 2 rings (SSSR count). The largest absolute Gasteiger partial charge is 0.378 e. The summed E-state index contributed by atoms with van der Waals surface area (Å²) in [6.07, 6.45) is 2.84. The highest BCUT2D eigenvalue weighted by Crippen LogP contribution is 2.17. The van der Waals surface area contributed by atoms with E-state index in [1.165, 1.54) is 21.7 Å². The van der Waals surface area contributed by atoms with Crippen molar-refractivity contribution in [1.82, 2.24) is 15.6 Å². The van der Waals surface area contributed by atoms with Gasteiger partial charge in [-0.3, -0.25) is 4.99 Å². The van der Waals surface area contributed by atoms with Gasteiger partial charge in [-0.1, -0.05) is 6.07 Å². The lowest BCUT2D eigenvalue weighted by Crippen LogP contribution is -2.38. The standard InChI is InChI=1S/C18H27N5S.HI/c1-13-10-16(23(4)5)7-6-15(13)12-22-18(19-3)20-9-8-17-21-11-14(2)24-17;/h6-7,10-11H,8-9,12H2,1-5H3,(H2,19,20,22);1H. The minimum Gasteiger partial charge on any atom is -0.378 e. The number of anilines is 1. The number of benzene rings is 1. The fraction of sp³-hybridized carbons (Fsp3) is 0.444. The fourth-order valence-corrected chi connectivity index (χ4v) is 3.15. The summed E-state index contributed by atoms with van der Waals surface area (Å²) in [6, 6.07) is 6.52. The Balaban J connectivity index is 0.00000312. The molecule has 0 bridgehead atoms. The maximum absolute atomic E-state index is 4.38. The monoisotopic (exact) mass is 473 g/mol. The minimum atomic E-state index is 0. The number of hydrogen-bond acceptors (Lipinski definition) is 4. The van der Waals surface area contributed by atoms with Crippen LogP contribution in [-0.2, 0) is 13.0 Å².